The first-order valence-corrected chi connectivity index (χ1v) is 16.0. The molecule has 2 bridgehead atoms. The highest BCUT2D eigenvalue weighted by Crippen LogP contribution is 2.67. The third kappa shape index (κ3) is 6.35. The number of aliphatic hydroxyl groups is 1. The number of nitrogens with zero attached hydrogens (tertiary/aromatic N) is 1. The Morgan fingerprint density at radius 3 is 2.44 bits per heavy atom. The van der Waals surface area contributed by atoms with Crippen molar-refractivity contribution in [2.45, 2.75) is 99.7 Å². The summed E-state index contributed by atoms with van der Waals surface area (Å²) in [4.78, 5) is 43.7. The molecule has 3 aliphatic heterocycles. The maximum atomic E-state index is 14.1. The molecule has 4 rings (SSSR count). The summed E-state index contributed by atoms with van der Waals surface area (Å²) in [5.41, 5.74) is 0.585. The summed E-state index contributed by atoms with van der Waals surface area (Å²) in [6, 6.07) is 9.14. The first-order valence-electron chi connectivity index (χ1n) is 14.2. The Morgan fingerprint density at radius 1 is 1.10 bits per heavy atom. The molecule has 3 N–H and O–H groups in total. The summed E-state index contributed by atoms with van der Waals surface area (Å²) in [6.07, 6.45) is 3.62. The fraction of sp³-hybridized carbons (Fsp3) is 0.700. The second-order valence-corrected chi connectivity index (χ2v) is 16.0. The van der Waals surface area contributed by atoms with Crippen LogP contribution in [0.3, 0.4) is 0 Å². The molecule has 216 valence electrons. The Hall–Kier alpha value is -1.58. The van der Waals surface area contributed by atoms with Crippen molar-refractivity contribution < 1.29 is 19.5 Å². The van der Waals surface area contributed by atoms with Gasteiger partial charge in [-0.1, -0.05) is 67.0 Å². The van der Waals surface area contributed by atoms with Crippen LogP contribution in [0.15, 0.2) is 30.3 Å². The molecule has 3 fully saturated rings. The minimum Gasteiger partial charge on any atom is -0.396 e. The maximum Gasteiger partial charge on any atom is 0.244 e. The van der Waals surface area contributed by atoms with Gasteiger partial charge < -0.3 is 20.6 Å². The number of amides is 3. The van der Waals surface area contributed by atoms with Crippen LogP contribution in [0, 0.1) is 17.3 Å². The zero-order chi connectivity index (χ0) is 28.6. The predicted octanol–water partition coefficient (Wildman–Crippen LogP) is 4.26. The number of hydrogen-bond acceptors (Lipinski definition) is 5. The van der Waals surface area contributed by atoms with Crippen molar-refractivity contribution in [1.29, 1.82) is 0 Å². The lowest BCUT2D eigenvalue weighted by atomic mass is 9.70. The molecule has 0 aromatic heterocycles. The number of halogens is 1. The van der Waals surface area contributed by atoms with E-state index in [9.17, 15) is 19.5 Å². The number of carbonyl (C=O) groups excluding carboxylic acids is 3. The highest BCUT2D eigenvalue weighted by molar-refractivity contribution is 9.09. The third-order valence-electron chi connectivity index (χ3n) is 8.14. The van der Waals surface area contributed by atoms with Gasteiger partial charge in [-0.3, -0.25) is 14.4 Å². The number of alkyl halides is 1. The first kappa shape index (κ1) is 30.4. The Bertz CT molecular complexity index is 1060. The van der Waals surface area contributed by atoms with Crippen molar-refractivity contribution in [2.24, 2.45) is 17.3 Å². The normalized spacial score (nSPS) is 30.0. The number of thioether (sulfide) groups is 1. The van der Waals surface area contributed by atoms with E-state index in [0.29, 0.717) is 32.4 Å². The van der Waals surface area contributed by atoms with Gasteiger partial charge in [-0.2, -0.15) is 0 Å². The Labute approximate surface area is 245 Å². The minimum atomic E-state index is -0.649. The van der Waals surface area contributed by atoms with E-state index in [1.807, 2.05) is 44.2 Å². The molecule has 0 aliphatic carbocycles. The molecule has 3 amide bonds. The fourth-order valence-corrected chi connectivity index (χ4v) is 10.8. The molecule has 3 saturated heterocycles. The molecule has 7 nitrogen and oxygen atoms in total. The van der Waals surface area contributed by atoms with Gasteiger partial charge in [0.25, 0.3) is 0 Å². The monoisotopic (exact) mass is 621 g/mol. The number of hydrogen-bond donors (Lipinski definition) is 3. The molecule has 1 spiro atoms. The second kappa shape index (κ2) is 11.7. The van der Waals surface area contributed by atoms with Gasteiger partial charge >= 0.3 is 0 Å². The SMILES string of the molecule is CC(C)(C)CC(C)(C)NC(=O)C1N(CCCCCO)C(=O)[C@@H]2[C@H](C(=O)NCc3ccccc3)[C@H]3SC12CC3Br. The average Bonchev–Trinajstić information content (AvgIpc) is 3.42. The summed E-state index contributed by atoms with van der Waals surface area (Å²) in [6.45, 7) is 11.5. The zero-order valence-electron chi connectivity index (χ0n) is 23.8. The lowest BCUT2D eigenvalue weighted by Crippen LogP contribution is -2.58. The maximum absolute atomic E-state index is 14.1. The summed E-state index contributed by atoms with van der Waals surface area (Å²) in [5.74, 6) is -1.35. The smallest absolute Gasteiger partial charge is 0.244 e. The van der Waals surface area contributed by atoms with Crippen LogP contribution < -0.4 is 10.6 Å². The third-order valence-corrected chi connectivity index (χ3v) is 11.4. The van der Waals surface area contributed by atoms with Crippen LogP contribution in [-0.4, -0.2) is 67.3 Å². The van der Waals surface area contributed by atoms with E-state index in [-0.39, 0.29) is 39.8 Å². The molecule has 3 unspecified atom stereocenters. The van der Waals surface area contributed by atoms with Gasteiger partial charge in [0.2, 0.25) is 17.7 Å². The van der Waals surface area contributed by atoms with E-state index in [0.717, 1.165) is 18.4 Å². The lowest BCUT2D eigenvalue weighted by Gasteiger charge is -2.39. The van der Waals surface area contributed by atoms with E-state index >= 15 is 0 Å². The highest BCUT2D eigenvalue weighted by atomic mass is 79.9. The van der Waals surface area contributed by atoms with E-state index in [4.69, 9.17) is 0 Å². The van der Waals surface area contributed by atoms with Crippen LogP contribution in [0.2, 0.25) is 0 Å². The first-order chi connectivity index (χ1) is 18.3. The van der Waals surface area contributed by atoms with E-state index < -0.39 is 28.2 Å². The second-order valence-electron chi connectivity index (χ2n) is 13.3. The Kier molecular flexibility index (Phi) is 9.14. The van der Waals surface area contributed by atoms with Gasteiger partial charge in [0, 0.05) is 35.3 Å². The van der Waals surface area contributed by atoms with Gasteiger partial charge in [0.1, 0.15) is 6.04 Å². The Balaban J connectivity index is 1.61. The molecule has 3 aliphatic rings. The molecule has 6 atom stereocenters. The quantitative estimate of drug-likeness (QED) is 0.253. The number of nitrogens with one attached hydrogen (secondary N) is 2. The van der Waals surface area contributed by atoms with Crippen LogP contribution in [-0.2, 0) is 20.9 Å². The number of aliphatic hydroxyl groups excluding tert-OH is 1. The number of unbranched alkanes of at least 4 members (excludes halogenated alkanes) is 2. The van der Waals surface area contributed by atoms with Crippen LogP contribution >= 0.6 is 27.7 Å². The molecule has 0 saturated carbocycles. The molecule has 39 heavy (non-hydrogen) atoms. The summed E-state index contributed by atoms with van der Waals surface area (Å²) in [7, 11) is 0. The molecular weight excluding hydrogens is 578 g/mol. The molecule has 1 aromatic carbocycles. The number of rotatable bonds is 11. The average molecular weight is 623 g/mol. The molecule has 9 heteroatoms. The highest BCUT2D eigenvalue weighted by Gasteiger charge is 2.75. The minimum absolute atomic E-state index is 0.0243. The number of benzene rings is 1. The van der Waals surface area contributed by atoms with Crippen LogP contribution in [0.25, 0.3) is 0 Å². The van der Waals surface area contributed by atoms with Gasteiger partial charge in [-0.25, -0.2) is 0 Å². The van der Waals surface area contributed by atoms with Crippen LogP contribution in [0.5, 0.6) is 0 Å². The molecule has 0 radical (unpaired) electrons. The standard InChI is InChI=1S/C30H44BrN3O4S/c1-28(2,3)18-29(4,5)33-26(37)24-30-16-20(31)23(39-30)21(25(36)32-17-19-12-8-6-9-13-19)22(30)27(38)34(24)14-10-7-11-15-35/h6,8-9,12-13,20-24,35H,7,10-11,14-18H2,1-5H3,(H,32,36)(H,33,37)/t20?,21-,22-,23-,24?,30?/m0/s1. The van der Waals surface area contributed by atoms with E-state index in [1.54, 1.807) is 16.7 Å². The van der Waals surface area contributed by atoms with Crippen molar-refractivity contribution >= 4 is 45.4 Å². The predicted molar refractivity (Wildman–Crippen MR) is 159 cm³/mol. The van der Waals surface area contributed by atoms with Crippen molar-refractivity contribution in [3.63, 3.8) is 0 Å². The lowest BCUT2D eigenvalue weighted by molar-refractivity contribution is -0.140. The van der Waals surface area contributed by atoms with Crippen LogP contribution in [0.1, 0.15) is 72.3 Å². The van der Waals surface area contributed by atoms with Crippen molar-refractivity contribution in [2.75, 3.05) is 13.2 Å². The zero-order valence-corrected chi connectivity index (χ0v) is 26.2. The number of carbonyl (C=O) groups is 3. The van der Waals surface area contributed by atoms with Crippen molar-refractivity contribution in [3.05, 3.63) is 35.9 Å². The van der Waals surface area contributed by atoms with Gasteiger partial charge in [0.15, 0.2) is 0 Å². The molecule has 1 aromatic rings. The summed E-state index contributed by atoms with van der Waals surface area (Å²) >= 11 is 5.50. The molecule has 3 heterocycles. The van der Waals surface area contributed by atoms with Crippen molar-refractivity contribution in [1.82, 2.24) is 15.5 Å². The topological polar surface area (TPSA) is 98.7 Å². The largest absolute Gasteiger partial charge is 0.396 e. The summed E-state index contributed by atoms with van der Waals surface area (Å²) < 4.78 is -0.649. The Morgan fingerprint density at radius 2 is 1.79 bits per heavy atom. The van der Waals surface area contributed by atoms with E-state index in [2.05, 4.69) is 47.3 Å². The fourth-order valence-electron chi connectivity index (χ4n) is 7.22. The number of fused-ring (bicyclic) bond motifs is 1. The summed E-state index contributed by atoms with van der Waals surface area (Å²) in [5, 5.41) is 15.6. The van der Waals surface area contributed by atoms with Gasteiger partial charge in [-0.05, 0) is 56.9 Å². The molecular formula is C30H44BrN3O4S. The van der Waals surface area contributed by atoms with Crippen molar-refractivity contribution in [3.8, 4) is 0 Å². The van der Waals surface area contributed by atoms with Gasteiger partial charge in [-0.15, -0.1) is 11.8 Å². The van der Waals surface area contributed by atoms with Gasteiger partial charge in [0.05, 0.1) is 16.6 Å². The van der Waals surface area contributed by atoms with Crippen LogP contribution in [0.4, 0.5) is 0 Å². The van der Waals surface area contributed by atoms with E-state index in [1.165, 1.54) is 0 Å². The number of likely N-dealkylation sites (tertiary alicyclic amines) is 1.